The van der Waals surface area contributed by atoms with E-state index in [4.69, 9.17) is 9.72 Å². The summed E-state index contributed by atoms with van der Waals surface area (Å²) in [6.07, 6.45) is 0. The van der Waals surface area contributed by atoms with Crippen molar-refractivity contribution in [1.29, 1.82) is 0 Å². The molecule has 0 saturated carbocycles. The molecule has 5 nitrogen and oxygen atoms in total. The van der Waals surface area contributed by atoms with Crippen molar-refractivity contribution >= 4 is 23.1 Å². The quantitative estimate of drug-likeness (QED) is 0.298. The Morgan fingerprint density at radius 2 is 1.84 bits per heavy atom. The van der Waals surface area contributed by atoms with E-state index in [9.17, 15) is 0 Å². The maximum absolute atomic E-state index is 5.97. The summed E-state index contributed by atoms with van der Waals surface area (Å²) in [4.78, 5) is 4.83. The van der Waals surface area contributed by atoms with Gasteiger partial charge in [0.2, 0.25) is 0 Å². The zero-order valence-corrected chi connectivity index (χ0v) is 19.9. The molecule has 0 aliphatic carbocycles. The van der Waals surface area contributed by atoms with Gasteiger partial charge in [0.05, 0.1) is 5.69 Å². The maximum Gasteiger partial charge on any atom is 0.191 e. The number of rotatable bonds is 8. The third-order valence-electron chi connectivity index (χ3n) is 5.23. The van der Waals surface area contributed by atoms with Crippen molar-refractivity contribution in [3.8, 4) is 16.3 Å². The second-order valence-electron chi connectivity index (χ2n) is 7.43. The number of aromatic nitrogens is 4. The highest BCUT2D eigenvalue weighted by Crippen LogP contribution is 2.29. The fourth-order valence-electron chi connectivity index (χ4n) is 3.25. The van der Waals surface area contributed by atoms with Gasteiger partial charge in [-0.3, -0.25) is 0 Å². The lowest BCUT2D eigenvalue weighted by atomic mass is 10.1. The molecule has 0 N–H and O–H groups in total. The second-order valence-corrected chi connectivity index (χ2v) is 9.23. The molecule has 0 saturated heterocycles. The topological polar surface area (TPSA) is 52.8 Å². The van der Waals surface area contributed by atoms with E-state index in [1.54, 1.807) is 23.1 Å². The van der Waals surface area contributed by atoms with Crippen LogP contribution in [0.5, 0.6) is 5.75 Å². The van der Waals surface area contributed by atoms with Crippen LogP contribution in [0, 0.1) is 20.8 Å². The number of aryl methyl sites for hydroxylation is 3. The van der Waals surface area contributed by atoms with Gasteiger partial charge < -0.3 is 9.30 Å². The molecule has 0 aliphatic rings. The Labute approximate surface area is 191 Å². The number of hydrogen-bond acceptors (Lipinski definition) is 6. The number of hydrogen-bond donors (Lipinski definition) is 0. The number of thiazole rings is 1. The molecule has 2 aromatic carbocycles. The first-order valence-electron chi connectivity index (χ1n) is 10.3. The van der Waals surface area contributed by atoms with Crippen molar-refractivity contribution < 1.29 is 4.74 Å². The maximum atomic E-state index is 5.97. The number of nitrogens with zero attached hydrogens (tertiary/aromatic N) is 4. The van der Waals surface area contributed by atoms with Crippen LogP contribution in [-0.4, -0.2) is 19.7 Å². The smallest absolute Gasteiger partial charge is 0.191 e. The minimum Gasteiger partial charge on any atom is -0.486 e. The summed E-state index contributed by atoms with van der Waals surface area (Å²) in [5.41, 5.74) is 5.99. The van der Waals surface area contributed by atoms with Gasteiger partial charge in [-0.25, -0.2) is 4.98 Å². The highest BCUT2D eigenvalue weighted by Gasteiger charge is 2.14. The standard InChI is InChI=1S/C24H26N4OS2/c1-5-28-22(13-29-20-11-10-16(2)18(4)12-20)26-27-24(28)31-15-19-14-30-23(25-19)21-9-7-6-8-17(21)3/h6-12,14H,5,13,15H2,1-4H3. The fourth-order valence-corrected chi connectivity index (χ4v) is 5.18. The minimum absolute atomic E-state index is 0.401. The summed E-state index contributed by atoms with van der Waals surface area (Å²) in [5, 5.41) is 12.9. The molecule has 0 spiro atoms. The predicted molar refractivity (Wildman–Crippen MR) is 128 cm³/mol. The van der Waals surface area contributed by atoms with Gasteiger partial charge in [0.1, 0.15) is 17.4 Å². The third-order valence-corrected chi connectivity index (χ3v) is 7.16. The molecule has 2 heterocycles. The summed E-state index contributed by atoms with van der Waals surface area (Å²) in [7, 11) is 0. The minimum atomic E-state index is 0.401. The molecule has 0 amide bonds. The van der Waals surface area contributed by atoms with Crippen LogP contribution >= 0.6 is 23.1 Å². The molecule has 4 aromatic rings. The van der Waals surface area contributed by atoms with E-state index in [0.717, 1.165) is 39.7 Å². The average Bonchev–Trinajstić information content (AvgIpc) is 3.40. The summed E-state index contributed by atoms with van der Waals surface area (Å²) in [6, 6.07) is 14.5. The molecule has 160 valence electrons. The monoisotopic (exact) mass is 450 g/mol. The van der Waals surface area contributed by atoms with E-state index in [1.165, 1.54) is 22.3 Å². The van der Waals surface area contributed by atoms with Crippen LogP contribution in [0.25, 0.3) is 10.6 Å². The Kier molecular flexibility index (Phi) is 6.73. The van der Waals surface area contributed by atoms with Gasteiger partial charge in [-0.2, -0.15) is 0 Å². The fraction of sp³-hybridized carbons (Fsp3) is 0.292. The summed E-state index contributed by atoms with van der Waals surface area (Å²) in [6.45, 7) is 9.62. The van der Waals surface area contributed by atoms with Gasteiger partial charge in [-0.15, -0.1) is 21.5 Å². The van der Waals surface area contributed by atoms with Crippen LogP contribution in [0.1, 0.15) is 35.1 Å². The van der Waals surface area contributed by atoms with Crippen LogP contribution in [0.4, 0.5) is 0 Å². The molecular formula is C24H26N4OS2. The van der Waals surface area contributed by atoms with Crippen LogP contribution < -0.4 is 4.74 Å². The second kappa shape index (κ2) is 9.66. The number of thioether (sulfide) groups is 1. The molecule has 0 radical (unpaired) electrons. The Morgan fingerprint density at radius 1 is 1.00 bits per heavy atom. The lowest BCUT2D eigenvalue weighted by Crippen LogP contribution is -2.07. The molecular weight excluding hydrogens is 424 g/mol. The molecule has 0 aliphatic heterocycles. The first-order chi connectivity index (χ1) is 15.0. The molecule has 4 rings (SSSR count). The Balaban J connectivity index is 1.41. The van der Waals surface area contributed by atoms with Crippen molar-refractivity contribution in [1.82, 2.24) is 19.7 Å². The Morgan fingerprint density at radius 3 is 2.61 bits per heavy atom. The first kappa shape index (κ1) is 21.6. The van der Waals surface area contributed by atoms with Gasteiger partial charge in [0.15, 0.2) is 11.0 Å². The highest BCUT2D eigenvalue weighted by molar-refractivity contribution is 7.98. The average molecular weight is 451 g/mol. The van der Waals surface area contributed by atoms with Crippen molar-refractivity contribution in [2.24, 2.45) is 0 Å². The number of ether oxygens (including phenoxy) is 1. The van der Waals surface area contributed by atoms with E-state index in [-0.39, 0.29) is 0 Å². The normalized spacial score (nSPS) is 11.1. The lowest BCUT2D eigenvalue weighted by molar-refractivity contribution is 0.288. The third kappa shape index (κ3) is 4.99. The largest absolute Gasteiger partial charge is 0.486 e. The summed E-state index contributed by atoms with van der Waals surface area (Å²) < 4.78 is 8.08. The summed E-state index contributed by atoms with van der Waals surface area (Å²) >= 11 is 3.35. The van der Waals surface area contributed by atoms with Crippen LogP contribution in [0.2, 0.25) is 0 Å². The number of benzene rings is 2. The zero-order chi connectivity index (χ0) is 21.8. The van der Waals surface area contributed by atoms with Gasteiger partial charge in [-0.05, 0) is 56.5 Å². The van der Waals surface area contributed by atoms with E-state index < -0.39 is 0 Å². The van der Waals surface area contributed by atoms with Gasteiger partial charge in [0.25, 0.3) is 0 Å². The first-order valence-corrected chi connectivity index (χ1v) is 12.2. The molecule has 31 heavy (non-hydrogen) atoms. The highest BCUT2D eigenvalue weighted by atomic mass is 32.2. The van der Waals surface area contributed by atoms with E-state index in [2.05, 4.69) is 84.2 Å². The van der Waals surface area contributed by atoms with Crippen LogP contribution in [0.15, 0.2) is 53.0 Å². The molecule has 0 bridgehead atoms. The van der Waals surface area contributed by atoms with Gasteiger partial charge in [0, 0.05) is 23.2 Å². The summed E-state index contributed by atoms with van der Waals surface area (Å²) in [5.74, 6) is 2.45. The van der Waals surface area contributed by atoms with Crippen molar-refractivity contribution in [2.75, 3.05) is 0 Å². The SMILES string of the molecule is CCn1c(COc2ccc(C)c(C)c2)nnc1SCc1csc(-c2ccccc2C)n1. The Bertz CT molecular complexity index is 1180. The van der Waals surface area contributed by atoms with Crippen LogP contribution in [-0.2, 0) is 18.9 Å². The van der Waals surface area contributed by atoms with Gasteiger partial charge >= 0.3 is 0 Å². The Hall–Kier alpha value is -2.64. The van der Waals surface area contributed by atoms with Crippen molar-refractivity contribution in [2.45, 2.75) is 51.8 Å². The van der Waals surface area contributed by atoms with Gasteiger partial charge in [-0.1, -0.05) is 42.1 Å². The molecule has 0 atom stereocenters. The zero-order valence-electron chi connectivity index (χ0n) is 18.3. The predicted octanol–water partition coefficient (Wildman–Crippen LogP) is 6.22. The van der Waals surface area contributed by atoms with E-state index >= 15 is 0 Å². The molecule has 0 unspecified atom stereocenters. The van der Waals surface area contributed by atoms with E-state index in [0.29, 0.717) is 6.61 Å². The molecule has 2 aromatic heterocycles. The lowest BCUT2D eigenvalue weighted by Gasteiger charge is -2.10. The van der Waals surface area contributed by atoms with E-state index in [1.807, 2.05) is 6.07 Å². The van der Waals surface area contributed by atoms with Crippen LogP contribution in [0.3, 0.4) is 0 Å². The van der Waals surface area contributed by atoms with Crippen molar-refractivity contribution in [3.63, 3.8) is 0 Å². The molecule has 7 heteroatoms. The molecule has 0 fully saturated rings. The van der Waals surface area contributed by atoms with Crippen molar-refractivity contribution in [3.05, 3.63) is 76.1 Å².